The molecule has 0 N–H and O–H groups in total. The van der Waals surface area contributed by atoms with E-state index in [-0.39, 0.29) is 26.7 Å². The summed E-state index contributed by atoms with van der Waals surface area (Å²) in [5, 5.41) is 3.20. The van der Waals surface area contributed by atoms with E-state index in [1.807, 2.05) is 0 Å². The number of benzene rings is 4. The molecule has 0 nitrogen and oxygen atoms in total. The molecule has 4 aliphatic rings. The fourth-order valence-corrected chi connectivity index (χ4v) is 14.1. The zero-order valence-corrected chi connectivity index (χ0v) is 30.3. The molecular weight excluding hydrogens is 604 g/mol. The Morgan fingerprint density at radius 3 is 1.02 bits per heavy atom. The van der Waals surface area contributed by atoms with E-state index in [0.29, 0.717) is 0 Å². The van der Waals surface area contributed by atoms with E-state index in [0.717, 1.165) is 0 Å². The van der Waals surface area contributed by atoms with E-state index < -0.39 is 0 Å². The van der Waals surface area contributed by atoms with E-state index >= 15 is 0 Å². The van der Waals surface area contributed by atoms with Crippen LogP contribution in [0.3, 0.4) is 0 Å². The maximum atomic E-state index is 2.55. The third-order valence-corrected chi connectivity index (χ3v) is 15.2. The SMILES string of the molecule is CC1=CP2CC1(C)C(c1ccccc1)=C2c1ccccc1.CC1=CP2CC1(C)C(c1ccccc1)=C2c1ccccc1.PP. The summed E-state index contributed by atoms with van der Waals surface area (Å²) < 4.78 is 0. The molecule has 0 aliphatic carbocycles. The van der Waals surface area contributed by atoms with Gasteiger partial charge < -0.3 is 0 Å². The summed E-state index contributed by atoms with van der Waals surface area (Å²) >= 11 is 0. The third-order valence-electron chi connectivity index (χ3n) is 9.78. The Hall–Kier alpha value is -2.44. The van der Waals surface area contributed by atoms with Gasteiger partial charge in [0.05, 0.1) is 0 Å². The zero-order chi connectivity index (χ0) is 30.9. The molecule has 0 saturated heterocycles. The van der Waals surface area contributed by atoms with E-state index in [4.69, 9.17) is 0 Å². The molecule has 0 amide bonds. The molecule has 0 radical (unpaired) electrons. The second kappa shape index (κ2) is 13.1. The summed E-state index contributed by atoms with van der Waals surface area (Å²) in [6.45, 7) is 9.49. The molecule has 6 atom stereocenters. The molecule has 4 bridgehead atoms. The monoisotopic (exact) mass is 646 g/mol. The van der Waals surface area contributed by atoms with Gasteiger partial charge in [0.15, 0.2) is 0 Å². The van der Waals surface area contributed by atoms with Gasteiger partial charge in [0.25, 0.3) is 0 Å². The van der Waals surface area contributed by atoms with Crippen LogP contribution < -0.4 is 0 Å². The molecule has 222 valence electrons. The molecule has 4 aromatic carbocycles. The quantitative estimate of drug-likeness (QED) is 0.194. The lowest BCUT2D eigenvalue weighted by molar-refractivity contribution is 0.630. The van der Waals surface area contributed by atoms with Crippen molar-refractivity contribution in [2.45, 2.75) is 27.7 Å². The number of allylic oxidation sites excluding steroid dienone is 4. The summed E-state index contributed by atoms with van der Waals surface area (Å²) in [6, 6.07) is 43.9. The maximum Gasteiger partial charge on any atom is 0.0192 e. The Morgan fingerprint density at radius 2 is 0.727 bits per heavy atom. The molecule has 0 saturated carbocycles. The van der Waals surface area contributed by atoms with Crippen LogP contribution in [-0.4, -0.2) is 12.3 Å². The first-order valence-corrected chi connectivity index (χ1v) is 21.2. The average molecular weight is 647 g/mol. The van der Waals surface area contributed by atoms with Gasteiger partial charge >= 0.3 is 0 Å². The molecule has 0 spiro atoms. The lowest BCUT2D eigenvalue weighted by Crippen LogP contribution is -2.18. The molecule has 4 aromatic rings. The van der Waals surface area contributed by atoms with Crippen molar-refractivity contribution in [1.82, 2.24) is 0 Å². The Morgan fingerprint density at radius 1 is 0.455 bits per heavy atom. The van der Waals surface area contributed by atoms with E-state index in [2.05, 4.69) is 179 Å². The third kappa shape index (κ3) is 5.48. The smallest absolute Gasteiger partial charge is 0.0192 e. The van der Waals surface area contributed by atoms with Gasteiger partial charge in [-0.25, -0.2) is 0 Å². The van der Waals surface area contributed by atoms with Crippen LogP contribution in [0.4, 0.5) is 0 Å². The van der Waals surface area contributed by atoms with Gasteiger partial charge in [-0.15, -0.1) is 17.9 Å². The van der Waals surface area contributed by atoms with Crippen molar-refractivity contribution in [1.29, 1.82) is 0 Å². The molecule has 8 rings (SSSR count). The van der Waals surface area contributed by atoms with Crippen LogP contribution in [0.25, 0.3) is 21.8 Å². The molecule has 44 heavy (non-hydrogen) atoms. The van der Waals surface area contributed by atoms with E-state index in [1.165, 1.54) is 34.6 Å². The normalized spacial score (nSPS) is 26.0. The fourth-order valence-electron chi connectivity index (χ4n) is 7.36. The van der Waals surface area contributed by atoms with Gasteiger partial charge in [0, 0.05) is 10.8 Å². The van der Waals surface area contributed by atoms with E-state index in [1.54, 1.807) is 32.9 Å². The molecule has 4 heteroatoms. The molecule has 0 aromatic heterocycles. The fraction of sp³-hybridized carbons (Fsp3) is 0.200. The van der Waals surface area contributed by atoms with Gasteiger partial charge in [-0.3, -0.25) is 0 Å². The summed E-state index contributed by atoms with van der Waals surface area (Å²) in [5.41, 5.74) is 12.4. The predicted octanol–water partition coefficient (Wildman–Crippen LogP) is 12.6. The first kappa shape index (κ1) is 31.5. The van der Waals surface area contributed by atoms with Crippen molar-refractivity contribution >= 4 is 55.5 Å². The maximum absolute atomic E-state index is 2.55. The van der Waals surface area contributed by atoms with E-state index in [9.17, 15) is 0 Å². The minimum Gasteiger partial charge on any atom is -0.118 e. The topological polar surface area (TPSA) is 0 Å². The predicted molar refractivity (Wildman–Crippen MR) is 206 cm³/mol. The zero-order valence-electron chi connectivity index (χ0n) is 26.2. The van der Waals surface area contributed by atoms with Crippen molar-refractivity contribution in [2.75, 3.05) is 12.3 Å². The van der Waals surface area contributed by atoms with Gasteiger partial charge in [-0.05, 0) is 86.0 Å². The minimum atomic E-state index is -0.142. The highest BCUT2D eigenvalue weighted by Gasteiger charge is 2.49. The van der Waals surface area contributed by atoms with Crippen molar-refractivity contribution in [3.05, 3.63) is 166 Å². The van der Waals surface area contributed by atoms with Crippen LogP contribution in [-0.2, 0) is 0 Å². The summed E-state index contributed by atoms with van der Waals surface area (Å²) in [7, 11) is 4.38. The van der Waals surface area contributed by atoms with Crippen molar-refractivity contribution in [3.8, 4) is 0 Å². The Bertz CT molecular complexity index is 1620. The number of hydrogen-bond donors (Lipinski definition) is 0. The second-order valence-electron chi connectivity index (χ2n) is 12.5. The van der Waals surface area contributed by atoms with Crippen LogP contribution in [0.5, 0.6) is 0 Å². The van der Waals surface area contributed by atoms with Crippen molar-refractivity contribution in [2.24, 2.45) is 10.8 Å². The number of hydrogen-bond acceptors (Lipinski definition) is 0. The summed E-state index contributed by atoms with van der Waals surface area (Å²) in [4.78, 5) is 0. The Labute approximate surface area is 271 Å². The molecule has 6 unspecified atom stereocenters. The highest BCUT2D eigenvalue weighted by Crippen LogP contribution is 2.75. The van der Waals surface area contributed by atoms with Crippen molar-refractivity contribution in [3.63, 3.8) is 0 Å². The minimum absolute atomic E-state index is 0.142. The van der Waals surface area contributed by atoms with Gasteiger partial charge in [0.2, 0.25) is 0 Å². The highest BCUT2D eigenvalue weighted by molar-refractivity contribution is 7.92. The van der Waals surface area contributed by atoms with Crippen molar-refractivity contribution < 1.29 is 0 Å². The molecular formula is C40H42P4. The standard InChI is InChI=1S/2C20H19P.H4P2/c2*1-15-13-21-14-20(15,2)18(16-9-5-3-6-10-16)19(21)17-11-7-4-8-12-17;1-2/h2*3-13H,14H2,1-2H3;1-2H2. The van der Waals surface area contributed by atoms with Crippen LogP contribution >= 0.6 is 33.7 Å². The molecule has 4 aliphatic heterocycles. The second-order valence-corrected chi connectivity index (χ2v) is 16.4. The summed E-state index contributed by atoms with van der Waals surface area (Å²) in [5.74, 6) is 5.09. The Kier molecular flexibility index (Phi) is 9.40. The van der Waals surface area contributed by atoms with Crippen LogP contribution in [0.15, 0.2) is 144 Å². The Balaban J connectivity index is 0.000000148. The largest absolute Gasteiger partial charge is 0.118 e. The average Bonchev–Trinajstić information content (AvgIpc) is 3.75. The van der Waals surface area contributed by atoms with Gasteiger partial charge in [-0.2, -0.15) is 0 Å². The number of fused-ring (bicyclic) bond motifs is 4. The molecule has 4 heterocycles. The van der Waals surface area contributed by atoms with Crippen LogP contribution in [0.1, 0.15) is 49.9 Å². The summed E-state index contributed by atoms with van der Waals surface area (Å²) in [6.07, 6.45) is 2.59. The van der Waals surface area contributed by atoms with Crippen LogP contribution in [0.2, 0.25) is 0 Å². The molecule has 0 fully saturated rings. The van der Waals surface area contributed by atoms with Gasteiger partial charge in [-0.1, -0.05) is 158 Å². The lowest BCUT2D eigenvalue weighted by Gasteiger charge is -2.29. The number of rotatable bonds is 4. The van der Waals surface area contributed by atoms with Gasteiger partial charge in [0.1, 0.15) is 0 Å². The first-order chi connectivity index (χ1) is 21.4. The lowest BCUT2D eigenvalue weighted by atomic mass is 9.75. The van der Waals surface area contributed by atoms with Crippen LogP contribution in [0, 0.1) is 10.8 Å². The highest BCUT2D eigenvalue weighted by atomic mass is 32.0. The first-order valence-electron chi connectivity index (χ1n) is 15.4.